The Morgan fingerprint density at radius 1 is 0.920 bits per heavy atom. The van der Waals surface area contributed by atoms with Gasteiger partial charge in [0.05, 0.1) is 12.2 Å². The summed E-state index contributed by atoms with van der Waals surface area (Å²) in [7, 11) is -4.39. The maximum absolute atomic E-state index is 11.2. The lowest BCUT2D eigenvalue weighted by Gasteiger charge is -2.60. The summed E-state index contributed by atoms with van der Waals surface area (Å²) >= 11 is 0. The molecule has 3 N–H and O–H groups in total. The van der Waals surface area contributed by atoms with Crippen LogP contribution in [0.5, 0.6) is 0 Å². The second-order valence-electron chi connectivity index (χ2n) is 9.79. The zero-order valence-corrected chi connectivity index (χ0v) is 16.3. The van der Waals surface area contributed by atoms with Gasteiger partial charge in [-0.3, -0.25) is 4.52 Å². The molecule has 4 aliphatic rings. The van der Waals surface area contributed by atoms with Crippen molar-refractivity contribution in [3.05, 3.63) is 0 Å². The van der Waals surface area contributed by atoms with E-state index in [1.54, 1.807) is 0 Å². The third-order valence-electron chi connectivity index (χ3n) is 8.85. The first-order valence-electron chi connectivity index (χ1n) is 10.1. The molecule has 0 radical (unpaired) electrons. The number of rotatable bonds is 2. The Morgan fingerprint density at radius 2 is 1.60 bits per heavy atom. The predicted molar refractivity (Wildman–Crippen MR) is 94.7 cm³/mol. The molecule has 4 fully saturated rings. The van der Waals surface area contributed by atoms with Gasteiger partial charge in [-0.2, -0.15) is 0 Å². The maximum atomic E-state index is 11.2. The average molecular weight is 372 g/mol. The first-order valence-corrected chi connectivity index (χ1v) is 11.6. The van der Waals surface area contributed by atoms with E-state index in [1.165, 1.54) is 19.3 Å². The number of fused-ring (bicyclic) bond motifs is 5. The standard InChI is InChI=1S/C19H33O5P/c1-18-9-7-13(24-25(21,22)23)11-12(18)3-4-14-15-5-6-17(20)19(15,2)10-8-16(14)18/h12-17,20H,3-11H2,1-2H3,(H2,21,22,23)/t12-,13+,14-,15+,16-,17-,18-,19-/m0/s1. The highest BCUT2D eigenvalue weighted by molar-refractivity contribution is 7.46. The molecule has 0 unspecified atom stereocenters. The van der Waals surface area contributed by atoms with E-state index in [1.807, 2.05) is 0 Å². The molecule has 0 aromatic rings. The smallest absolute Gasteiger partial charge is 0.393 e. The van der Waals surface area contributed by atoms with E-state index in [0.29, 0.717) is 17.8 Å². The van der Waals surface area contributed by atoms with Crippen LogP contribution in [0.15, 0.2) is 0 Å². The summed E-state index contributed by atoms with van der Waals surface area (Å²) in [5, 5.41) is 10.5. The number of aliphatic hydroxyl groups excluding tert-OH is 1. The topological polar surface area (TPSA) is 87.0 Å². The third-order valence-corrected chi connectivity index (χ3v) is 9.43. The van der Waals surface area contributed by atoms with E-state index < -0.39 is 7.82 Å². The van der Waals surface area contributed by atoms with Gasteiger partial charge in [0, 0.05) is 0 Å². The molecule has 4 aliphatic carbocycles. The summed E-state index contributed by atoms with van der Waals surface area (Å²) in [6.45, 7) is 4.74. The zero-order valence-electron chi connectivity index (χ0n) is 15.4. The number of hydrogen-bond acceptors (Lipinski definition) is 3. The Balaban J connectivity index is 1.52. The molecule has 25 heavy (non-hydrogen) atoms. The molecule has 6 heteroatoms. The van der Waals surface area contributed by atoms with Gasteiger partial charge in [-0.1, -0.05) is 13.8 Å². The van der Waals surface area contributed by atoms with Crippen LogP contribution in [-0.4, -0.2) is 27.1 Å². The van der Waals surface area contributed by atoms with Crippen LogP contribution in [0.1, 0.15) is 71.6 Å². The van der Waals surface area contributed by atoms with E-state index in [9.17, 15) is 9.67 Å². The number of aliphatic hydroxyl groups is 1. The second kappa shape index (κ2) is 6.04. The molecule has 0 heterocycles. The van der Waals surface area contributed by atoms with Crippen molar-refractivity contribution < 1.29 is 24.0 Å². The molecule has 0 bridgehead atoms. The Morgan fingerprint density at radius 3 is 2.32 bits per heavy atom. The van der Waals surface area contributed by atoms with Gasteiger partial charge in [-0.25, -0.2) is 4.57 Å². The molecule has 0 spiro atoms. The van der Waals surface area contributed by atoms with Gasteiger partial charge in [0.2, 0.25) is 0 Å². The zero-order chi connectivity index (χ0) is 18.0. The van der Waals surface area contributed by atoms with Crippen LogP contribution in [0.3, 0.4) is 0 Å². The van der Waals surface area contributed by atoms with Gasteiger partial charge in [-0.15, -0.1) is 0 Å². The summed E-state index contributed by atoms with van der Waals surface area (Å²) in [5.41, 5.74) is 0.387. The lowest BCUT2D eigenvalue weighted by Crippen LogP contribution is -2.54. The fraction of sp³-hybridized carbons (Fsp3) is 1.00. The number of hydrogen-bond donors (Lipinski definition) is 3. The van der Waals surface area contributed by atoms with Crippen molar-refractivity contribution in [2.24, 2.45) is 34.5 Å². The fourth-order valence-electron chi connectivity index (χ4n) is 7.48. The highest BCUT2D eigenvalue weighted by Crippen LogP contribution is 2.66. The summed E-state index contributed by atoms with van der Waals surface area (Å²) in [4.78, 5) is 18.3. The van der Waals surface area contributed by atoms with Crippen LogP contribution in [0.2, 0.25) is 0 Å². The van der Waals surface area contributed by atoms with E-state index in [-0.39, 0.29) is 23.0 Å². The van der Waals surface area contributed by atoms with Crippen LogP contribution in [0, 0.1) is 34.5 Å². The van der Waals surface area contributed by atoms with E-state index in [0.717, 1.165) is 44.4 Å². The van der Waals surface area contributed by atoms with Crippen LogP contribution >= 0.6 is 7.82 Å². The molecule has 0 aromatic carbocycles. The van der Waals surface area contributed by atoms with Crippen molar-refractivity contribution in [1.82, 2.24) is 0 Å². The summed E-state index contributed by atoms with van der Waals surface area (Å²) in [6, 6.07) is 0. The second-order valence-corrected chi connectivity index (χ2v) is 11.0. The van der Waals surface area contributed by atoms with Crippen molar-refractivity contribution in [3.63, 3.8) is 0 Å². The van der Waals surface area contributed by atoms with E-state index in [2.05, 4.69) is 13.8 Å². The normalized spacial score (nSPS) is 53.0. The average Bonchev–Trinajstić information content (AvgIpc) is 2.82. The first kappa shape index (κ1) is 18.4. The molecular weight excluding hydrogens is 339 g/mol. The molecule has 144 valence electrons. The van der Waals surface area contributed by atoms with Crippen molar-refractivity contribution >= 4 is 7.82 Å². The van der Waals surface area contributed by atoms with Crippen molar-refractivity contribution in [1.29, 1.82) is 0 Å². The molecule has 4 saturated carbocycles. The highest BCUT2D eigenvalue weighted by Gasteiger charge is 2.60. The Hall–Kier alpha value is 0.0700. The minimum absolute atomic E-state index is 0.116. The Kier molecular flexibility index (Phi) is 4.45. The largest absolute Gasteiger partial charge is 0.469 e. The minimum Gasteiger partial charge on any atom is -0.393 e. The van der Waals surface area contributed by atoms with Crippen molar-refractivity contribution in [2.75, 3.05) is 0 Å². The Bertz CT molecular complexity index is 576. The van der Waals surface area contributed by atoms with E-state index >= 15 is 0 Å². The monoisotopic (exact) mass is 372 g/mol. The summed E-state index contributed by atoms with van der Waals surface area (Å²) in [6.07, 6.45) is 8.94. The van der Waals surface area contributed by atoms with Gasteiger partial charge in [0.15, 0.2) is 0 Å². The third kappa shape index (κ3) is 2.95. The lowest BCUT2D eigenvalue weighted by atomic mass is 9.45. The molecule has 8 atom stereocenters. The van der Waals surface area contributed by atoms with Crippen LogP contribution in [0.25, 0.3) is 0 Å². The van der Waals surface area contributed by atoms with Crippen molar-refractivity contribution in [2.45, 2.75) is 83.8 Å². The van der Waals surface area contributed by atoms with Gasteiger partial charge < -0.3 is 14.9 Å². The predicted octanol–water partition coefficient (Wildman–Crippen LogP) is 3.87. The summed E-state index contributed by atoms with van der Waals surface area (Å²) < 4.78 is 16.2. The lowest BCUT2D eigenvalue weighted by molar-refractivity contribution is -0.132. The molecule has 0 amide bonds. The summed E-state index contributed by atoms with van der Waals surface area (Å²) in [5.74, 6) is 2.58. The van der Waals surface area contributed by atoms with Crippen molar-refractivity contribution in [3.8, 4) is 0 Å². The molecule has 0 aliphatic heterocycles. The number of phosphoric ester groups is 1. The fourth-order valence-corrected chi connectivity index (χ4v) is 8.06. The van der Waals surface area contributed by atoms with Gasteiger partial charge >= 0.3 is 7.82 Å². The molecule has 0 saturated heterocycles. The molecule has 4 rings (SSSR count). The van der Waals surface area contributed by atoms with E-state index in [4.69, 9.17) is 14.3 Å². The first-order chi connectivity index (χ1) is 11.6. The molecule has 5 nitrogen and oxygen atoms in total. The number of phosphoric acid groups is 1. The van der Waals surface area contributed by atoms with Gasteiger partial charge in [0.1, 0.15) is 0 Å². The van der Waals surface area contributed by atoms with Gasteiger partial charge in [-0.05, 0) is 92.3 Å². The molecular formula is C19H33O5P. The van der Waals surface area contributed by atoms with Crippen LogP contribution < -0.4 is 0 Å². The minimum atomic E-state index is -4.39. The van der Waals surface area contributed by atoms with Crippen LogP contribution in [-0.2, 0) is 9.09 Å². The Labute approximate surface area is 150 Å². The molecule has 0 aromatic heterocycles. The quantitative estimate of drug-likeness (QED) is 0.641. The van der Waals surface area contributed by atoms with Gasteiger partial charge in [0.25, 0.3) is 0 Å². The SMILES string of the molecule is C[C@]12CC[C@H]3[C@@H](CC[C@H]4C[C@H](OP(=O)(O)O)CC[C@@]43C)[C@H]1CC[C@@H]2O. The van der Waals surface area contributed by atoms with Crippen LogP contribution in [0.4, 0.5) is 0 Å². The maximum Gasteiger partial charge on any atom is 0.469 e. The highest BCUT2D eigenvalue weighted by atomic mass is 31.2.